The van der Waals surface area contributed by atoms with Crippen LogP contribution in [0.3, 0.4) is 0 Å². The van der Waals surface area contributed by atoms with Crippen molar-refractivity contribution in [2.45, 2.75) is 46.2 Å². The summed E-state index contributed by atoms with van der Waals surface area (Å²) in [7, 11) is 1.96. The van der Waals surface area contributed by atoms with Crippen molar-refractivity contribution in [1.82, 2.24) is 25.4 Å². The van der Waals surface area contributed by atoms with Crippen LogP contribution in [0.4, 0.5) is 0 Å². The number of hydrogen-bond acceptors (Lipinski definition) is 4. The fourth-order valence-electron chi connectivity index (χ4n) is 2.60. The predicted molar refractivity (Wildman–Crippen MR) is 109 cm³/mol. The average Bonchev–Trinajstić information content (AvgIpc) is 3.01. The molecule has 0 fully saturated rings. The van der Waals surface area contributed by atoms with Gasteiger partial charge in [0.05, 0.1) is 6.04 Å². The molecular formula is C20H32N6O. The smallest absolute Gasteiger partial charge is 0.192 e. The van der Waals surface area contributed by atoms with Gasteiger partial charge in [-0.1, -0.05) is 30.3 Å². The molecule has 1 aromatic carbocycles. The molecule has 7 nitrogen and oxygen atoms in total. The van der Waals surface area contributed by atoms with Gasteiger partial charge in [-0.05, 0) is 39.2 Å². The van der Waals surface area contributed by atoms with Crippen LogP contribution in [0.25, 0.3) is 0 Å². The number of unbranched alkanes of at least 4 members (excludes halogenated alkanes) is 1. The van der Waals surface area contributed by atoms with Crippen molar-refractivity contribution >= 4 is 5.96 Å². The van der Waals surface area contributed by atoms with E-state index < -0.39 is 0 Å². The first-order chi connectivity index (χ1) is 13.1. The van der Waals surface area contributed by atoms with Crippen molar-refractivity contribution < 1.29 is 4.74 Å². The summed E-state index contributed by atoms with van der Waals surface area (Å²) in [5.74, 6) is 2.51. The molecule has 148 valence electrons. The maximum absolute atomic E-state index is 5.39. The monoisotopic (exact) mass is 372 g/mol. The van der Waals surface area contributed by atoms with E-state index in [0.717, 1.165) is 50.2 Å². The number of benzene rings is 1. The Balaban J connectivity index is 1.96. The quantitative estimate of drug-likeness (QED) is 0.381. The molecule has 0 bridgehead atoms. The summed E-state index contributed by atoms with van der Waals surface area (Å²) in [6.45, 7) is 8.99. The number of aromatic nitrogens is 3. The summed E-state index contributed by atoms with van der Waals surface area (Å²) in [6, 6.07) is 10.5. The Hall–Kier alpha value is -2.41. The van der Waals surface area contributed by atoms with Crippen LogP contribution in [0.1, 0.15) is 49.9 Å². The lowest BCUT2D eigenvalue weighted by atomic mass is 10.1. The predicted octanol–water partition coefficient (Wildman–Crippen LogP) is 2.74. The summed E-state index contributed by atoms with van der Waals surface area (Å²) in [5, 5.41) is 15.2. The standard InChI is InChI=1S/C20H32N6O/c1-5-27-14-10-9-13-21-20(22-15-19-25-24-17(3)26(19)4)23-16(2)18-11-7-6-8-12-18/h6-8,11-12,16H,5,9-10,13-15H2,1-4H3,(H2,21,22,23). The van der Waals surface area contributed by atoms with Crippen molar-refractivity contribution in [2.24, 2.45) is 12.0 Å². The van der Waals surface area contributed by atoms with E-state index in [-0.39, 0.29) is 6.04 Å². The third-order valence-corrected chi connectivity index (χ3v) is 4.43. The second-order valence-electron chi connectivity index (χ2n) is 6.49. The van der Waals surface area contributed by atoms with Gasteiger partial charge in [-0.15, -0.1) is 10.2 Å². The minimum absolute atomic E-state index is 0.155. The Kier molecular flexibility index (Phi) is 8.77. The SMILES string of the molecule is CCOCCCCNC(=NCc1nnc(C)n1C)NC(C)c1ccccc1. The first kappa shape index (κ1) is 20.9. The topological polar surface area (TPSA) is 76.4 Å². The molecule has 1 atom stereocenters. The zero-order chi connectivity index (χ0) is 19.5. The Morgan fingerprint density at radius 2 is 2.00 bits per heavy atom. The van der Waals surface area contributed by atoms with Crippen LogP contribution in [0.15, 0.2) is 35.3 Å². The van der Waals surface area contributed by atoms with Crippen LogP contribution in [0.5, 0.6) is 0 Å². The molecule has 0 saturated carbocycles. The molecule has 1 aromatic heterocycles. The molecule has 0 aliphatic carbocycles. The molecule has 0 aliphatic rings. The van der Waals surface area contributed by atoms with Crippen molar-refractivity contribution in [3.63, 3.8) is 0 Å². The van der Waals surface area contributed by atoms with Crippen LogP contribution < -0.4 is 10.6 Å². The second-order valence-corrected chi connectivity index (χ2v) is 6.49. The lowest BCUT2D eigenvalue weighted by Crippen LogP contribution is -2.39. The molecule has 0 aliphatic heterocycles. The number of aliphatic imine (C=N–C) groups is 1. The molecular weight excluding hydrogens is 340 g/mol. The minimum Gasteiger partial charge on any atom is -0.382 e. The van der Waals surface area contributed by atoms with E-state index in [4.69, 9.17) is 9.73 Å². The fourth-order valence-corrected chi connectivity index (χ4v) is 2.60. The Labute approximate surface area is 162 Å². The normalized spacial score (nSPS) is 12.8. The maximum atomic E-state index is 5.39. The summed E-state index contributed by atoms with van der Waals surface area (Å²) in [6.07, 6.45) is 2.06. The molecule has 2 rings (SSSR count). The second kappa shape index (κ2) is 11.3. The molecule has 1 unspecified atom stereocenters. The van der Waals surface area contributed by atoms with Crippen molar-refractivity contribution in [3.8, 4) is 0 Å². The van der Waals surface area contributed by atoms with Crippen molar-refractivity contribution in [2.75, 3.05) is 19.8 Å². The minimum atomic E-state index is 0.155. The molecule has 0 spiro atoms. The Morgan fingerprint density at radius 3 is 2.67 bits per heavy atom. The highest BCUT2D eigenvalue weighted by atomic mass is 16.5. The summed E-state index contributed by atoms with van der Waals surface area (Å²) >= 11 is 0. The number of nitrogens with zero attached hydrogens (tertiary/aromatic N) is 4. The highest BCUT2D eigenvalue weighted by Crippen LogP contribution is 2.11. The first-order valence-electron chi connectivity index (χ1n) is 9.64. The summed E-state index contributed by atoms with van der Waals surface area (Å²) < 4.78 is 7.35. The molecule has 1 heterocycles. The highest BCUT2D eigenvalue weighted by Gasteiger charge is 2.09. The van der Waals surface area contributed by atoms with Crippen LogP contribution in [0.2, 0.25) is 0 Å². The van der Waals surface area contributed by atoms with E-state index in [1.807, 2.05) is 43.7 Å². The van der Waals surface area contributed by atoms with Crippen LogP contribution in [-0.4, -0.2) is 40.5 Å². The fraction of sp³-hybridized carbons (Fsp3) is 0.550. The Morgan fingerprint density at radius 1 is 1.22 bits per heavy atom. The maximum Gasteiger partial charge on any atom is 0.192 e. The molecule has 2 N–H and O–H groups in total. The largest absolute Gasteiger partial charge is 0.382 e. The average molecular weight is 373 g/mol. The van der Waals surface area contributed by atoms with Gasteiger partial charge in [-0.25, -0.2) is 4.99 Å². The highest BCUT2D eigenvalue weighted by molar-refractivity contribution is 5.80. The van der Waals surface area contributed by atoms with Crippen molar-refractivity contribution in [1.29, 1.82) is 0 Å². The first-order valence-corrected chi connectivity index (χ1v) is 9.64. The van der Waals surface area contributed by atoms with Gasteiger partial charge in [0.1, 0.15) is 12.4 Å². The van der Waals surface area contributed by atoms with E-state index in [2.05, 4.69) is 39.9 Å². The zero-order valence-electron chi connectivity index (χ0n) is 16.9. The van der Waals surface area contributed by atoms with Crippen molar-refractivity contribution in [3.05, 3.63) is 47.5 Å². The van der Waals surface area contributed by atoms with Gasteiger partial charge in [0.2, 0.25) is 0 Å². The van der Waals surface area contributed by atoms with E-state index in [1.165, 1.54) is 5.56 Å². The molecule has 0 radical (unpaired) electrons. The summed E-state index contributed by atoms with van der Waals surface area (Å²) in [4.78, 5) is 4.71. The number of nitrogens with one attached hydrogen (secondary N) is 2. The van der Waals surface area contributed by atoms with Gasteiger partial charge in [0.25, 0.3) is 0 Å². The van der Waals surface area contributed by atoms with Gasteiger partial charge < -0.3 is 19.9 Å². The molecule has 0 saturated heterocycles. The third-order valence-electron chi connectivity index (χ3n) is 4.43. The summed E-state index contributed by atoms with van der Waals surface area (Å²) in [5.41, 5.74) is 1.22. The number of rotatable bonds is 10. The van der Waals surface area contributed by atoms with Crippen LogP contribution >= 0.6 is 0 Å². The van der Waals surface area contributed by atoms with Crippen LogP contribution in [-0.2, 0) is 18.3 Å². The van der Waals surface area contributed by atoms with Gasteiger partial charge in [0.15, 0.2) is 11.8 Å². The van der Waals surface area contributed by atoms with E-state index in [1.54, 1.807) is 0 Å². The molecule has 0 amide bonds. The molecule has 2 aromatic rings. The molecule has 27 heavy (non-hydrogen) atoms. The molecule has 7 heteroatoms. The van der Waals surface area contributed by atoms with Gasteiger partial charge in [0, 0.05) is 26.8 Å². The number of guanidine groups is 1. The third kappa shape index (κ3) is 7.02. The number of hydrogen-bond donors (Lipinski definition) is 2. The number of ether oxygens (including phenoxy) is 1. The van der Waals surface area contributed by atoms with E-state index in [9.17, 15) is 0 Å². The van der Waals surface area contributed by atoms with Gasteiger partial charge in [-0.3, -0.25) is 0 Å². The zero-order valence-corrected chi connectivity index (χ0v) is 16.9. The van der Waals surface area contributed by atoms with Gasteiger partial charge in [-0.2, -0.15) is 0 Å². The van der Waals surface area contributed by atoms with E-state index in [0.29, 0.717) is 6.54 Å². The van der Waals surface area contributed by atoms with E-state index >= 15 is 0 Å². The lowest BCUT2D eigenvalue weighted by molar-refractivity contribution is 0.143. The van der Waals surface area contributed by atoms with Gasteiger partial charge >= 0.3 is 0 Å². The van der Waals surface area contributed by atoms with Crippen LogP contribution in [0, 0.1) is 6.92 Å². The Bertz CT molecular complexity index is 698. The number of aryl methyl sites for hydroxylation is 1. The lowest BCUT2D eigenvalue weighted by Gasteiger charge is -2.19.